The molecule has 180 valence electrons. The number of rotatable bonds is 6. The molecular weight excluding hydrogens is 470 g/mol. The lowest BCUT2D eigenvalue weighted by molar-refractivity contribution is -0.115. The van der Waals surface area contributed by atoms with Crippen LogP contribution in [0.3, 0.4) is 0 Å². The number of carbonyl (C=O) groups excluding carboxylic acids is 1. The second-order valence-electron chi connectivity index (χ2n) is 7.96. The first-order chi connectivity index (χ1) is 16.9. The van der Waals surface area contributed by atoms with Crippen LogP contribution in [-0.4, -0.2) is 37.3 Å². The number of carbonyl (C=O) groups is 1. The minimum atomic E-state index is -0.600. The molecule has 0 aliphatic carbocycles. The molecule has 2 aromatic heterocycles. The summed E-state index contributed by atoms with van der Waals surface area (Å²) in [4.78, 5) is 25.9. The summed E-state index contributed by atoms with van der Waals surface area (Å²) in [6.07, 6.45) is -0.542. The highest BCUT2D eigenvalue weighted by molar-refractivity contribution is 8.00. The number of para-hydroxylation sites is 3. The van der Waals surface area contributed by atoms with Crippen LogP contribution in [0.2, 0.25) is 0 Å². The Morgan fingerprint density at radius 3 is 2.60 bits per heavy atom. The van der Waals surface area contributed by atoms with Crippen molar-refractivity contribution in [3.63, 3.8) is 0 Å². The van der Waals surface area contributed by atoms with E-state index in [0.29, 0.717) is 22.9 Å². The monoisotopic (exact) mass is 493 g/mol. The van der Waals surface area contributed by atoms with Gasteiger partial charge in [0.05, 0.1) is 16.6 Å². The Kier molecular flexibility index (Phi) is 6.08. The molecule has 0 spiro atoms. The third kappa shape index (κ3) is 4.42. The van der Waals surface area contributed by atoms with E-state index in [2.05, 4.69) is 15.5 Å². The summed E-state index contributed by atoms with van der Waals surface area (Å²) < 4.78 is 20.5. The molecule has 1 aliphatic heterocycles. The number of hydrogen-bond acceptors (Lipinski definition) is 8. The normalized spacial score (nSPS) is 15.6. The Labute approximate surface area is 204 Å². The molecule has 0 fully saturated rings. The van der Waals surface area contributed by atoms with Gasteiger partial charge >= 0.3 is 0 Å². The highest BCUT2D eigenvalue weighted by Gasteiger charge is 2.29. The van der Waals surface area contributed by atoms with Gasteiger partial charge in [-0.25, -0.2) is 4.68 Å². The van der Waals surface area contributed by atoms with Crippen LogP contribution in [0, 0.1) is 6.92 Å². The summed E-state index contributed by atoms with van der Waals surface area (Å²) in [5, 5.41) is 10.5. The van der Waals surface area contributed by atoms with E-state index >= 15 is 0 Å². The fourth-order valence-corrected chi connectivity index (χ4v) is 4.37. The van der Waals surface area contributed by atoms with Gasteiger partial charge in [0.1, 0.15) is 12.3 Å². The number of thioether (sulfide) groups is 1. The Bertz CT molecular complexity index is 1430. The molecule has 0 saturated carbocycles. The van der Waals surface area contributed by atoms with Crippen LogP contribution in [0.1, 0.15) is 24.6 Å². The summed E-state index contributed by atoms with van der Waals surface area (Å²) in [5.41, 5.74) is 1.27. The third-order valence-electron chi connectivity index (χ3n) is 5.66. The maximum Gasteiger partial charge on any atom is 0.295 e. The summed E-state index contributed by atoms with van der Waals surface area (Å²) >= 11 is 1.10. The number of nitrogens with zero attached hydrogens (tertiary/aromatic N) is 4. The van der Waals surface area contributed by atoms with E-state index in [-0.39, 0.29) is 34.9 Å². The molecule has 1 aliphatic rings. The molecule has 10 nitrogen and oxygen atoms in total. The number of fused-ring (bicyclic) bond motifs is 1. The van der Waals surface area contributed by atoms with Crippen LogP contribution >= 0.6 is 11.8 Å². The zero-order valence-corrected chi connectivity index (χ0v) is 20.1. The molecule has 11 heteroatoms. The van der Waals surface area contributed by atoms with E-state index in [1.807, 2.05) is 48.5 Å². The molecule has 0 radical (unpaired) electrons. The van der Waals surface area contributed by atoms with E-state index in [1.165, 1.54) is 4.68 Å². The number of nitrogens with one attached hydrogen (secondary N) is 1. The second-order valence-corrected chi connectivity index (χ2v) is 9.25. The number of hydrogen-bond donors (Lipinski definition) is 1. The highest BCUT2D eigenvalue weighted by Crippen LogP contribution is 2.36. The van der Waals surface area contributed by atoms with E-state index in [4.69, 9.17) is 13.9 Å². The van der Waals surface area contributed by atoms with E-state index < -0.39 is 11.4 Å². The lowest BCUT2D eigenvalue weighted by Gasteiger charge is -2.23. The quantitative estimate of drug-likeness (QED) is 0.406. The average molecular weight is 494 g/mol. The molecule has 2 aromatic carbocycles. The van der Waals surface area contributed by atoms with Crippen LogP contribution in [0.4, 0.5) is 5.69 Å². The molecule has 2 atom stereocenters. The second kappa shape index (κ2) is 9.34. The van der Waals surface area contributed by atoms with Gasteiger partial charge in [-0.15, -0.1) is 10.2 Å². The molecule has 0 saturated heterocycles. The number of benzene rings is 2. The van der Waals surface area contributed by atoms with Crippen molar-refractivity contribution in [2.24, 2.45) is 7.05 Å². The van der Waals surface area contributed by atoms with Gasteiger partial charge in [0.2, 0.25) is 12.0 Å². The zero-order chi connectivity index (χ0) is 24.5. The lowest BCUT2D eigenvalue weighted by Crippen LogP contribution is -2.27. The van der Waals surface area contributed by atoms with Crippen LogP contribution in [0.15, 0.2) is 69.0 Å². The number of amides is 1. The van der Waals surface area contributed by atoms with Crippen LogP contribution < -0.4 is 20.3 Å². The van der Waals surface area contributed by atoms with Crippen molar-refractivity contribution in [2.45, 2.75) is 30.4 Å². The highest BCUT2D eigenvalue weighted by atomic mass is 32.2. The molecule has 5 rings (SSSR count). The topological polar surface area (TPSA) is 113 Å². The summed E-state index contributed by atoms with van der Waals surface area (Å²) in [7, 11) is 1.77. The molecule has 1 N–H and O–H groups in total. The van der Waals surface area contributed by atoms with Crippen molar-refractivity contribution >= 4 is 23.4 Å². The van der Waals surface area contributed by atoms with Crippen LogP contribution in [-0.2, 0) is 11.8 Å². The van der Waals surface area contributed by atoms with Gasteiger partial charge in [-0.3, -0.25) is 14.3 Å². The molecule has 35 heavy (non-hydrogen) atoms. The van der Waals surface area contributed by atoms with Gasteiger partial charge in [-0.05, 0) is 38.1 Å². The summed E-state index contributed by atoms with van der Waals surface area (Å²) in [6.45, 7) is 3.72. The predicted molar refractivity (Wildman–Crippen MR) is 129 cm³/mol. The summed E-state index contributed by atoms with van der Waals surface area (Å²) in [5.74, 6) is 1.17. The Hall–Kier alpha value is -3.99. The lowest BCUT2D eigenvalue weighted by atomic mass is 10.2. The van der Waals surface area contributed by atoms with Crippen molar-refractivity contribution in [2.75, 3.05) is 11.9 Å². The Morgan fingerprint density at radius 1 is 1.11 bits per heavy atom. The van der Waals surface area contributed by atoms with Gasteiger partial charge in [0.25, 0.3) is 16.7 Å². The van der Waals surface area contributed by atoms with Crippen molar-refractivity contribution in [1.29, 1.82) is 0 Å². The van der Waals surface area contributed by atoms with E-state index in [0.717, 1.165) is 11.8 Å². The molecule has 3 heterocycles. The Balaban J connectivity index is 1.27. The van der Waals surface area contributed by atoms with E-state index in [9.17, 15) is 9.59 Å². The van der Waals surface area contributed by atoms with Gasteiger partial charge in [-0.2, -0.15) is 0 Å². The number of aromatic nitrogens is 4. The number of ether oxygens (including phenoxy) is 2. The van der Waals surface area contributed by atoms with Crippen molar-refractivity contribution in [1.82, 2.24) is 19.6 Å². The van der Waals surface area contributed by atoms with Crippen LogP contribution in [0.25, 0.3) is 5.69 Å². The summed E-state index contributed by atoms with van der Waals surface area (Å²) in [6, 6.07) is 16.6. The minimum absolute atomic E-state index is 0.219. The molecule has 0 unspecified atom stereocenters. The van der Waals surface area contributed by atoms with Gasteiger partial charge in [0, 0.05) is 7.05 Å². The fraction of sp³-hybridized carbons (Fsp3) is 0.250. The van der Waals surface area contributed by atoms with Crippen molar-refractivity contribution in [3.8, 4) is 17.2 Å². The first-order valence-electron chi connectivity index (χ1n) is 11.0. The maximum absolute atomic E-state index is 13.0. The largest absolute Gasteiger partial charge is 0.485 e. The maximum atomic E-state index is 13.0. The standard InChI is InChI=1S/C24H23N5O5S/c1-14-20(23(31)29(28(14)3)16-9-5-4-6-10-16)25-21(30)15(2)35-24-27-26-22(34-24)19-13-32-17-11-7-8-12-18(17)33-19/h4-12,15,19H,13H2,1-3H3,(H,25,30)/t15-,19-/m1/s1. The molecule has 4 aromatic rings. The SMILES string of the molecule is Cc1c(NC(=O)[C@@H](C)Sc2nnc([C@H]3COc4ccccc4O3)o2)c(=O)n(-c2ccccc2)n1C. The first kappa shape index (κ1) is 22.8. The van der Waals surface area contributed by atoms with Gasteiger partial charge < -0.3 is 19.2 Å². The number of anilines is 1. The van der Waals surface area contributed by atoms with Gasteiger partial charge in [-0.1, -0.05) is 42.1 Å². The Morgan fingerprint density at radius 2 is 1.83 bits per heavy atom. The van der Waals surface area contributed by atoms with Crippen molar-refractivity contribution < 1.29 is 18.7 Å². The minimum Gasteiger partial charge on any atom is -0.485 e. The van der Waals surface area contributed by atoms with Gasteiger partial charge in [0.15, 0.2) is 11.5 Å². The zero-order valence-electron chi connectivity index (χ0n) is 19.3. The predicted octanol–water partition coefficient (Wildman–Crippen LogP) is 3.50. The smallest absolute Gasteiger partial charge is 0.295 e. The molecule has 0 bridgehead atoms. The fourth-order valence-electron chi connectivity index (χ4n) is 3.68. The first-order valence-corrected chi connectivity index (χ1v) is 11.8. The van der Waals surface area contributed by atoms with Crippen LogP contribution in [0.5, 0.6) is 11.5 Å². The molecular formula is C24H23N5O5S. The molecule has 1 amide bonds. The van der Waals surface area contributed by atoms with Crippen molar-refractivity contribution in [3.05, 3.63) is 76.5 Å². The van der Waals surface area contributed by atoms with E-state index in [1.54, 1.807) is 31.6 Å². The third-order valence-corrected chi connectivity index (χ3v) is 6.59. The average Bonchev–Trinajstić information content (AvgIpc) is 3.42.